The second-order valence-corrected chi connectivity index (χ2v) is 4.22. The molecule has 0 saturated heterocycles. The average Bonchev–Trinajstić information content (AvgIpc) is 2.47. The highest BCUT2D eigenvalue weighted by Crippen LogP contribution is 2.29. The quantitative estimate of drug-likeness (QED) is 0.600. The summed E-state index contributed by atoms with van der Waals surface area (Å²) in [7, 11) is 3.08. The molecule has 2 N–H and O–H groups in total. The predicted octanol–water partition coefficient (Wildman–Crippen LogP) is 2.37. The van der Waals surface area contributed by atoms with Crippen molar-refractivity contribution in [2.45, 2.75) is 26.5 Å². The number of halogens is 2. The second kappa shape index (κ2) is 8.99. The number of nitrogens with zero attached hydrogens (tertiary/aromatic N) is 1. The average molecular weight is 301 g/mol. The fourth-order valence-electron chi connectivity index (χ4n) is 1.67. The molecular formula is C14H21F2N3O2. The van der Waals surface area contributed by atoms with Crippen LogP contribution in [0.2, 0.25) is 0 Å². The van der Waals surface area contributed by atoms with E-state index in [1.165, 1.54) is 13.2 Å². The predicted molar refractivity (Wildman–Crippen MR) is 78.1 cm³/mol. The highest BCUT2D eigenvalue weighted by atomic mass is 19.3. The summed E-state index contributed by atoms with van der Waals surface area (Å²) in [5.74, 6) is 0.944. The molecule has 1 aromatic carbocycles. The van der Waals surface area contributed by atoms with Crippen molar-refractivity contribution in [1.29, 1.82) is 0 Å². The van der Waals surface area contributed by atoms with Gasteiger partial charge < -0.3 is 20.1 Å². The summed E-state index contributed by atoms with van der Waals surface area (Å²) in [6.07, 6.45) is 0.982. The number of ether oxygens (including phenoxy) is 2. The zero-order valence-corrected chi connectivity index (χ0v) is 12.5. The summed E-state index contributed by atoms with van der Waals surface area (Å²) in [6, 6.07) is 4.89. The Kier molecular flexibility index (Phi) is 7.28. The normalized spacial score (nSPS) is 11.4. The Balaban J connectivity index is 2.70. The Labute approximate surface area is 123 Å². The van der Waals surface area contributed by atoms with E-state index in [-0.39, 0.29) is 11.5 Å². The Morgan fingerprint density at radius 3 is 2.62 bits per heavy atom. The van der Waals surface area contributed by atoms with E-state index in [2.05, 4.69) is 27.3 Å². The van der Waals surface area contributed by atoms with Gasteiger partial charge in [-0.05, 0) is 24.1 Å². The van der Waals surface area contributed by atoms with E-state index in [0.717, 1.165) is 18.5 Å². The molecular weight excluding hydrogens is 280 g/mol. The lowest BCUT2D eigenvalue weighted by Gasteiger charge is -2.14. The topological polar surface area (TPSA) is 54.9 Å². The maximum Gasteiger partial charge on any atom is 0.387 e. The van der Waals surface area contributed by atoms with E-state index in [9.17, 15) is 8.78 Å². The third-order valence-corrected chi connectivity index (χ3v) is 2.67. The molecule has 0 heterocycles. The van der Waals surface area contributed by atoms with E-state index in [0.29, 0.717) is 12.5 Å². The van der Waals surface area contributed by atoms with Crippen LogP contribution >= 0.6 is 0 Å². The van der Waals surface area contributed by atoms with Gasteiger partial charge in [-0.1, -0.05) is 13.0 Å². The van der Waals surface area contributed by atoms with Crippen molar-refractivity contribution in [1.82, 2.24) is 10.6 Å². The van der Waals surface area contributed by atoms with Crippen LogP contribution in [0.1, 0.15) is 18.9 Å². The summed E-state index contributed by atoms with van der Waals surface area (Å²) in [5, 5.41) is 6.22. The van der Waals surface area contributed by atoms with E-state index in [1.54, 1.807) is 19.2 Å². The largest absolute Gasteiger partial charge is 0.493 e. The molecule has 5 nitrogen and oxygen atoms in total. The van der Waals surface area contributed by atoms with Gasteiger partial charge in [0.2, 0.25) is 0 Å². The highest BCUT2D eigenvalue weighted by Gasteiger charge is 2.11. The Hall–Kier alpha value is -2.05. The molecule has 118 valence electrons. The van der Waals surface area contributed by atoms with Crippen molar-refractivity contribution in [3.63, 3.8) is 0 Å². The molecule has 1 aromatic rings. The molecule has 0 aliphatic heterocycles. The number of benzene rings is 1. The smallest absolute Gasteiger partial charge is 0.387 e. The number of nitrogens with one attached hydrogen (secondary N) is 2. The lowest BCUT2D eigenvalue weighted by Crippen LogP contribution is -2.37. The van der Waals surface area contributed by atoms with Gasteiger partial charge in [0.05, 0.1) is 7.11 Å². The van der Waals surface area contributed by atoms with Gasteiger partial charge >= 0.3 is 6.61 Å². The summed E-state index contributed by atoms with van der Waals surface area (Å²) in [4.78, 5) is 4.06. The third kappa shape index (κ3) is 5.85. The van der Waals surface area contributed by atoms with E-state index in [4.69, 9.17) is 4.74 Å². The van der Waals surface area contributed by atoms with Crippen LogP contribution in [-0.2, 0) is 6.54 Å². The van der Waals surface area contributed by atoms with Crippen LogP contribution in [0.3, 0.4) is 0 Å². The number of hydrogen-bond donors (Lipinski definition) is 2. The van der Waals surface area contributed by atoms with Gasteiger partial charge in [0.15, 0.2) is 17.5 Å². The van der Waals surface area contributed by atoms with Crippen LogP contribution in [0.5, 0.6) is 11.5 Å². The fraction of sp³-hybridized carbons (Fsp3) is 0.500. The van der Waals surface area contributed by atoms with Crippen molar-refractivity contribution in [2.75, 3.05) is 20.7 Å². The maximum absolute atomic E-state index is 12.4. The molecule has 0 aliphatic carbocycles. The molecule has 0 aromatic heterocycles. The van der Waals surface area contributed by atoms with Crippen LogP contribution in [-0.4, -0.2) is 33.3 Å². The van der Waals surface area contributed by atoms with Crippen molar-refractivity contribution >= 4 is 5.96 Å². The standard InChI is InChI=1S/C14H21F2N3O2/c1-4-7-18-14(17-2)19-9-10-5-6-11(20-3)12(8-10)21-13(15)16/h5-6,8,13H,4,7,9H2,1-3H3,(H2,17,18,19). The van der Waals surface area contributed by atoms with Crippen LogP contribution in [0, 0.1) is 0 Å². The molecule has 0 aliphatic rings. The molecule has 21 heavy (non-hydrogen) atoms. The maximum atomic E-state index is 12.4. The zero-order valence-electron chi connectivity index (χ0n) is 12.5. The first-order chi connectivity index (χ1) is 10.1. The molecule has 0 saturated carbocycles. The number of alkyl halides is 2. The number of aliphatic imine (C=N–C) groups is 1. The van der Waals surface area contributed by atoms with Crippen molar-refractivity contribution < 1.29 is 18.3 Å². The molecule has 0 radical (unpaired) electrons. The SMILES string of the molecule is CCCNC(=NC)NCc1ccc(OC)c(OC(F)F)c1. The van der Waals surface area contributed by atoms with Crippen molar-refractivity contribution in [2.24, 2.45) is 4.99 Å². The van der Waals surface area contributed by atoms with Crippen molar-refractivity contribution in [3.8, 4) is 11.5 Å². The number of guanidine groups is 1. The van der Waals surface area contributed by atoms with Gasteiger partial charge in [-0.3, -0.25) is 4.99 Å². The van der Waals surface area contributed by atoms with Gasteiger partial charge in [-0.25, -0.2) is 0 Å². The first kappa shape index (κ1) is 17.0. The molecule has 0 bridgehead atoms. The van der Waals surface area contributed by atoms with E-state index in [1.807, 2.05) is 0 Å². The molecule has 0 amide bonds. The van der Waals surface area contributed by atoms with Crippen LogP contribution in [0.15, 0.2) is 23.2 Å². The second-order valence-electron chi connectivity index (χ2n) is 4.22. The van der Waals surface area contributed by atoms with Gasteiger partial charge in [-0.15, -0.1) is 0 Å². The van der Waals surface area contributed by atoms with Crippen LogP contribution < -0.4 is 20.1 Å². The number of hydrogen-bond acceptors (Lipinski definition) is 3. The zero-order chi connectivity index (χ0) is 15.7. The Bertz CT molecular complexity index is 468. The summed E-state index contributed by atoms with van der Waals surface area (Å²) < 4.78 is 34.1. The lowest BCUT2D eigenvalue weighted by atomic mass is 10.2. The highest BCUT2D eigenvalue weighted by molar-refractivity contribution is 5.79. The van der Waals surface area contributed by atoms with E-state index >= 15 is 0 Å². The van der Waals surface area contributed by atoms with Crippen LogP contribution in [0.25, 0.3) is 0 Å². The Morgan fingerprint density at radius 2 is 2.05 bits per heavy atom. The van der Waals surface area contributed by atoms with Gasteiger partial charge in [0, 0.05) is 20.1 Å². The monoisotopic (exact) mass is 301 g/mol. The lowest BCUT2D eigenvalue weighted by molar-refractivity contribution is -0.0512. The summed E-state index contributed by atoms with van der Waals surface area (Å²) >= 11 is 0. The molecule has 0 spiro atoms. The molecule has 0 unspecified atom stereocenters. The minimum atomic E-state index is -2.89. The molecule has 0 fully saturated rings. The summed E-state index contributed by atoms with van der Waals surface area (Å²) in [6.45, 7) is 0.410. The fourth-order valence-corrected chi connectivity index (χ4v) is 1.67. The minimum absolute atomic E-state index is 0.0169. The molecule has 1 rings (SSSR count). The summed E-state index contributed by atoms with van der Waals surface area (Å²) in [5.41, 5.74) is 0.783. The van der Waals surface area contributed by atoms with Crippen molar-refractivity contribution in [3.05, 3.63) is 23.8 Å². The van der Waals surface area contributed by atoms with E-state index < -0.39 is 6.61 Å². The first-order valence-electron chi connectivity index (χ1n) is 6.67. The minimum Gasteiger partial charge on any atom is -0.493 e. The Morgan fingerprint density at radius 1 is 1.29 bits per heavy atom. The van der Waals surface area contributed by atoms with Gasteiger partial charge in [0.1, 0.15) is 0 Å². The molecule has 7 heteroatoms. The molecule has 0 atom stereocenters. The van der Waals surface area contributed by atoms with Gasteiger partial charge in [-0.2, -0.15) is 8.78 Å². The first-order valence-corrected chi connectivity index (χ1v) is 6.67. The van der Waals surface area contributed by atoms with Crippen LogP contribution in [0.4, 0.5) is 8.78 Å². The third-order valence-electron chi connectivity index (χ3n) is 2.67. The number of methoxy groups -OCH3 is 1. The number of rotatable bonds is 7. The van der Waals surface area contributed by atoms with Gasteiger partial charge in [0.25, 0.3) is 0 Å².